The van der Waals surface area contributed by atoms with Crippen LogP contribution in [0.5, 0.6) is 0 Å². The van der Waals surface area contributed by atoms with E-state index in [9.17, 15) is 9.50 Å². The van der Waals surface area contributed by atoms with E-state index in [0.29, 0.717) is 11.0 Å². The van der Waals surface area contributed by atoms with Crippen LogP contribution in [0.3, 0.4) is 0 Å². The number of nitrogens with two attached hydrogens (primary N) is 1. The molecule has 4 atom stereocenters. The van der Waals surface area contributed by atoms with Crippen molar-refractivity contribution in [1.82, 2.24) is 14.5 Å². The topological polar surface area (TPSA) is 106 Å². The Labute approximate surface area is 107 Å². The Bertz CT molecular complexity index is 605. The second kappa shape index (κ2) is 4.41. The SMILES string of the molecule is Nc1nccc2c1ncn2[C@H]1O[C@@H](CO)[C@H](F)[C@@H]1O. The molecule has 3 heterocycles. The van der Waals surface area contributed by atoms with Gasteiger partial charge in [0.2, 0.25) is 0 Å². The van der Waals surface area contributed by atoms with Gasteiger partial charge in [0, 0.05) is 6.20 Å². The van der Waals surface area contributed by atoms with Gasteiger partial charge in [0.25, 0.3) is 0 Å². The van der Waals surface area contributed by atoms with E-state index >= 15 is 0 Å². The highest BCUT2D eigenvalue weighted by Crippen LogP contribution is 2.33. The standard InChI is InChI=1S/C11H13FN4O3/c12-7-6(3-17)19-11(9(7)18)16-4-15-8-5(16)1-2-14-10(8)13/h1-2,4,6-7,9,11,17-18H,3H2,(H2,13,14)/t6-,7-,9-,11-/m0/s1. The van der Waals surface area contributed by atoms with Crippen LogP contribution in [0.2, 0.25) is 0 Å². The summed E-state index contributed by atoms with van der Waals surface area (Å²) in [5, 5.41) is 18.8. The van der Waals surface area contributed by atoms with Crippen LogP contribution in [-0.2, 0) is 4.74 Å². The number of nitrogens with zero attached hydrogens (tertiary/aromatic N) is 3. The molecule has 0 aromatic carbocycles. The van der Waals surface area contributed by atoms with Crippen molar-refractivity contribution in [3.05, 3.63) is 18.6 Å². The van der Waals surface area contributed by atoms with Crippen LogP contribution in [0.4, 0.5) is 10.2 Å². The number of aliphatic hydroxyl groups is 2. The van der Waals surface area contributed by atoms with Crippen molar-refractivity contribution in [2.75, 3.05) is 12.3 Å². The summed E-state index contributed by atoms with van der Waals surface area (Å²) in [6.07, 6.45) is -2.11. The number of imidazole rings is 1. The monoisotopic (exact) mass is 268 g/mol. The third-order valence-electron chi connectivity index (χ3n) is 3.26. The fourth-order valence-electron chi connectivity index (χ4n) is 2.27. The zero-order valence-electron chi connectivity index (χ0n) is 9.85. The van der Waals surface area contributed by atoms with Gasteiger partial charge in [0.15, 0.2) is 18.2 Å². The number of fused-ring (bicyclic) bond motifs is 1. The number of ether oxygens (including phenoxy) is 1. The van der Waals surface area contributed by atoms with Crippen LogP contribution in [0.25, 0.3) is 11.0 Å². The normalized spacial score (nSPS) is 31.1. The number of nitrogen functional groups attached to an aromatic ring is 1. The second-order valence-electron chi connectivity index (χ2n) is 4.40. The molecule has 1 aliphatic heterocycles. The Balaban J connectivity index is 2.04. The quantitative estimate of drug-likeness (QED) is 0.684. The summed E-state index contributed by atoms with van der Waals surface area (Å²) in [7, 11) is 0. The van der Waals surface area contributed by atoms with Crippen molar-refractivity contribution in [3.63, 3.8) is 0 Å². The molecule has 19 heavy (non-hydrogen) atoms. The molecule has 1 saturated heterocycles. The van der Waals surface area contributed by atoms with Crippen molar-refractivity contribution < 1.29 is 19.3 Å². The van der Waals surface area contributed by atoms with Crippen molar-refractivity contribution >= 4 is 16.9 Å². The summed E-state index contributed by atoms with van der Waals surface area (Å²) in [5.41, 5.74) is 6.72. The summed E-state index contributed by atoms with van der Waals surface area (Å²) in [6.45, 7) is -0.495. The molecule has 102 valence electrons. The van der Waals surface area contributed by atoms with Gasteiger partial charge in [-0.25, -0.2) is 14.4 Å². The minimum absolute atomic E-state index is 0.249. The summed E-state index contributed by atoms with van der Waals surface area (Å²) in [5.74, 6) is 0.249. The average Bonchev–Trinajstić information content (AvgIpc) is 2.94. The molecule has 8 heteroatoms. The highest BCUT2D eigenvalue weighted by atomic mass is 19.1. The molecule has 1 fully saturated rings. The smallest absolute Gasteiger partial charge is 0.164 e. The highest BCUT2D eigenvalue weighted by Gasteiger charge is 2.45. The third-order valence-corrected chi connectivity index (χ3v) is 3.26. The highest BCUT2D eigenvalue weighted by molar-refractivity contribution is 5.84. The Morgan fingerprint density at radius 3 is 2.95 bits per heavy atom. The van der Waals surface area contributed by atoms with Gasteiger partial charge >= 0.3 is 0 Å². The number of hydrogen-bond donors (Lipinski definition) is 3. The van der Waals surface area contributed by atoms with Crippen LogP contribution in [0, 0.1) is 0 Å². The van der Waals surface area contributed by atoms with Crippen molar-refractivity contribution in [2.45, 2.75) is 24.6 Å². The molecular formula is C11H13FN4O3. The first-order chi connectivity index (χ1) is 9.13. The predicted molar refractivity (Wildman–Crippen MR) is 63.8 cm³/mol. The predicted octanol–water partition coefficient (Wildman–Crippen LogP) is -0.398. The summed E-state index contributed by atoms with van der Waals surface area (Å²) in [6, 6.07) is 1.65. The van der Waals surface area contributed by atoms with Gasteiger partial charge in [-0.05, 0) is 6.07 Å². The van der Waals surface area contributed by atoms with E-state index in [4.69, 9.17) is 15.6 Å². The van der Waals surface area contributed by atoms with Gasteiger partial charge in [-0.1, -0.05) is 0 Å². The van der Waals surface area contributed by atoms with E-state index in [1.807, 2.05) is 0 Å². The molecule has 3 rings (SSSR count). The first kappa shape index (κ1) is 12.3. The first-order valence-electron chi connectivity index (χ1n) is 5.79. The average molecular weight is 268 g/mol. The van der Waals surface area contributed by atoms with Crippen LogP contribution in [0.1, 0.15) is 6.23 Å². The molecule has 0 amide bonds. The number of anilines is 1. The maximum absolute atomic E-state index is 13.7. The fourth-order valence-corrected chi connectivity index (χ4v) is 2.27. The Morgan fingerprint density at radius 2 is 2.26 bits per heavy atom. The number of aromatic nitrogens is 3. The van der Waals surface area contributed by atoms with E-state index in [1.54, 1.807) is 6.07 Å². The lowest BCUT2D eigenvalue weighted by Gasteiger charge is -2.16. The third kappa shape index (κ3) is 1.76. The maximum Gasteiger partial charge on any atom is 0.164 e. The van der Waals surface area contributed by atoms with E-state index < -0.39 is 31.2 Å². The van der Waals surface area contributed by atoms with Crippen molar-refractivity contribution in [1.29, 1.82) is 0 Å². The lowest BCUT2D eigenvalue weighted by Crippen LogP contribution is -2.29. The maximum atomic E-state index is 13.7. The molecule has 0 aliphatic carbocycles. The Hall–Kier alpha value is -1.77. The molecule has 0 unspecified atom stereocenters. The number of halogens is 1. The second-order valence-corrected chi connectivity index (χ2v) is 4.40. The summed E-state index contributed by atoms with van der Waals surface area (Å²) in [4.78, 5) is 7.97. The molecule has 7 nitrogen and oxygen atoms in total. The molecule has 1 aliphatic rings. The summed E-state index contributed by atoms with van der Waals surface area (Å²) >= 11 is 0. The van der Waals surface area contributed by atoms with Crippen molar-refractivity contribution in [2.24, 2.45) is 0 Å². The molecule has 2 aromatic heterocycles. The van der Waals surface area contributed by atoms with Gasteiger partial charge < -0.3 is 25.3 Å². The molecule has 0 bridgehead atoms. The van der Waals surface area contributed by atoms with E-state index in [1.165, 1.54) is 17.1 Å². The Kier molecular flexibility index (Phi) is 2.85. The zero-order chi connectivity index (χ0) is 13.6. The lowest BCUT2D eigenvalue weighted by molar-refractivity contribution is -0.0493. The van der Waals surface area contributed by atoms with Crippen molar-refractivity contribution in [3.8, 4) is 0 Å². The van der Waals surface area contributed by atoms with Crippen LogP contribution in [-0.4, -0.2) is 49.7 Å². The summed E-state index contributed by atoms with van der Waals surface area (Å²) < 4.78 is 20.5. The minimum atomic E-state index is -1.65. The largest absolute Gasteiger partial charge is 0.394 e. The zero-order valence-corrected chi connectivity index (χ0v) is 9.85. The van der Waals surface area contributed by atoms with Gasteiger partial charge in [-0.3, -0.25) is 0 Å². The van der Waals surface area contributed by atoms with Gasteiger partial charge in [-0.15, -0.1) is 0 Å². The number of alkyl halides is 1. The molecule has 4 N–H and O–H groups in total. The molecule has 2 aromatic rings. The van der Waals surface area contributed by atoms with Crippen LogP contribution < -0.4 is 5.73 Å². The van der Waals surface area contributed by atoms with Crippen LogP contribution >= 0.6 is 0 Å². The molecule has 0 spiro atoms. The van der Waals surface area contributed by atoms with E-state index in [2.05, 4.69) is 9.97 Å². The van der Waals surface area contributed by atoms with Crippen LogP contribution in [0.15, 0.2) is 18.6 Å². The number of rotatable bonds is 2. The number of hydrogen-bond acceptors (Lipinski definition) is 6. The number of pyridine rings is 1. The van der Waals surface area contributed by atoms with Gasteiger partial charge in [-0.2, -0.15) is 0 Å². The Morgan fingerprint density at radius 1 is 1.47 bits per heavy atom. The number of aliphatic hydroxyl groups excluding tert-OH is 2. The molecule has 0 radical (unpaired) electrons. The van der Waals surface area contributed by atoms with E-state index in [0.717, 1.165) is 0 Å². The van der Waals surface area contributed by atoms with Gasteiger partial charge in [0.05, 0.1) is 18.5 Å². The molecule has 0 saturated carbocycles. The minimum Gasteiger partial charge on any atom is -0.394 e. The lowest BCUT2D eigenvalue weighted by atomic mass is 10.1. The fraction of sp³-hybridized carbons (Fsp3) is 0.455. The van der Waals surface area contributed by atoms with Gasteiger partial charge in [0.1, 0.15) is 17.7 Å². The first-order valence-corrected chi connectivity index (χ1v) is 5.79. The van der Waals surface area contributed by atoms with E-state index in [-0.39, 0.29) is 5.82 Å². The molecular weight excluding hydrogens is 255 g/mol.